The van der Waals surface area contributed by atoms with Crippen LogP contribution in [-0.4, -0.2) is 34.8 Å². The second-order valence-corrected chi connectivity index (χ2v) is 10.4. The van der Waals surface area contributed by atoms with E-state index in [4.69, 9.17) is 4.74 Å². The number of hydrogen-bond donors (Lipinski definition) is 1. The lowest BCUT2D eigenvalue weighted by Gasteiger charge is -2.34. The smallest absolute Gasteiger partial charge is 0.410 e. The van der Waals surface area contributed by atoms with Crippen molar-refractivity contribution in [3.63, 3.8) is 0 Å². The molecule has 1 atom stereocenters. The van der Waals surface area contributed by atoms with Crippen LogP contribution in [-0.2, 0) is 24.0 Å². The molecule has 4 nitrogen and oxygen atoms in total. The van der Waals surface area contributed by atoms with Crippen LogP contribution in [0, 0.1) is 0 Å². The molecule has 0 spiro atoms. The Morgan fingerprint density at radius 1 is 1.12 bits per heavy atom. The number of aromatic hydroxyl groups is 1. The number of ether oxygens (including phenoxy) is 1. The van der Waals surface area contributed by atoms with Crippen LogP contribution in [0.3, 0.4) is 0 Å². The van der Waals surface area contributed by atoms with Gasteiger partial charge in [0.05, 0.1) is 0 Å². The highest BCUT2D eigenvalue weighted by molar-refractivity contribution is 5.68. The van der Waals surface area contributed by atoms with E-state index in [9.17, 15) is 9.90 Å². The largest absolute Gasteiger partial charge is 0.508 e. The maximum atomic E-state index is 12.4. The van der Waals surface area contributed by atoms with E-state index in [1.807, 2.05) is 37.8 Å². The van der Waals surface area contributed by atoms with Gasteiger partial charge in [0.25, 0.3) is 0 Å². The third kappa shape index (κ3) is 4.95. The summed E-state index contributed by atoms with van der Waals surface area (Å²) in [5.41, 5.74) is 6.24. The number of carbonyl (C=O) groups is 1. The van der Waals surface area contributed by atoms with Gasteiger partial charge in [-0.05, 0) is 99.5 Å². The summed E-state index contributed by atoms with van der Waals surface area (Å²) >= 11 is 0. The summed E-state index contributed by atoms with van der Waals surface area (Å²) < 4.78 is 5.54. The van der Waals surface area contributed by atoms with Crippen LogP contribution in [0.25, 0.3) is 0 Å². The van der Waals surface area contributed by atoms with Gasteiger partial charge in [0.15, 0.2) is 0 Å². The van der Waals surface area contributed by atoms with Crippen LogP contribution in [0.15, 0.2) is 36.4 Å². The van der Waals surface area contributed by atoms with E-state index >= 15 is 0 Å². The van der Waals surface area contributed by atoms with Gasteiger partial charge in [-0.15, -0.1) is 0 Å². The fourth-order valence-corrected chi connectivity index (χ4v) is 5.44. The van der Waals surface area contributed by atoms with Crippen LogP contribution in [0.5, 0.6) is 5.75 Å². The summed E-state index contributed by atoms with van der Waals surface area (Å²) in [5.74, 6) is 1.35. The molecule has 1 N–H and O–H groups in total. The molecule has 1 heterocycles. The molecule has 0 saturated carbocycles. The first kappa shape index (κ1) is 22.7. The minimum absolute atomic E-state index is 0.192. The minimum Gasteiger partial charge on any atom is -0.508 e. The first-order valence-corrected chi connectivity index (χ1v) is 12.2. The van der Waals surface area contributed by atoms with E-state index in [-0.39, 0.29) is 6.09 Å². The van der Waals surface area contributed by atoms with Gasteiger partial charge in [0.2, 0.25) is 0 Å². The molecule has 2 aromatic carbocycles. The molecule has 1 aliphatic carbocycles. The third-order valence-electron chi connectivity index (χ3n) is 7.00. The monoisotopic (exact) mass is 435 g/mol. The molecule has 0 aromatic heterocycles. The zero-order valence-electron chi connectivity index (χ0n) is 20.0. The highest BCUT2D eigenvalue weighted by atomic mass is 16.6. The highest BCUT2D eigenvalue weighted by Crippen LogP contribution is 2.41. The molecule has 0 radical (unpaired) electrons. The fraction of sp³-hybridized carbons (Fsp3) is 0.536. The fourth-order valence-electron chi connectivity index (χ4n) is 5.44. The number of nitrogens with zero attached hydrogens (tertiary/aromatic N) is 1. The Balaban J connectivity index is 1.43. The topological polar surface area (TPSA) is 49.8 Å². The zero-order chi connectivity index (χ0) is 22.9. The maximum Gasteiger partial charge on any atom is 0.410 e. The second kappa shape index (κ2) is 9.17. The molecule has 4 heteroatoms. The molecule has 1 saturated heterocycles. The number of phenols is 1. The quantitative estimate of drug-likeness (QED) is 0.609. The Morgan fingerprint density at radius 3 is 2.56 bits per heavy atom. The van der Waals surface area contributed by atoms with Gasteiger partial charge in [-0.3, -0.25) is 0 Å². The second-order valence-electron chi connectivity index (χ2n) is 10.4. The standard InChI is InChI=1S/C28H37NO3/c1-5-20-17-19(18-23-11-10-22-7-6-8-25(30)26(22)23)9-12-24(20)21-13-15-29(16-14-21)27(31)32-28(2,3)4/h6-9,12,17,21,23,30H,5,10-11,13-16,18H2,1-4H3. The maximum absolute atomic E-state index is 12.4. The van der Waals surface area contributed by atoms with Gasteiger partial charge in [-0.2, -0.15) is 0 Å². The Bertz CT molecular complexity index is 967. The number of carbonyl (C=O) groups excluding carboxylic acids is 1. The lowest BCUT2D eigenvalue weighted by Crippen LogP contribution is -2.41. The van der Waals surface area contributed by atoms with Crippen molar-refractivity contribution in [2.24, 2.45) is 0 Å². The van der Waals surface area contributed by atoms with Crippen molar-refractivity contribution >= 4 is 6.09 Å². The van der Waals surface area contributed by atoms with Crippen LogP contribution < -0.4 is 0 Å². The predicted molar refractivity (Wildman–Crippen MR) is 128 cm³/mol. The zero-order valence-corrected chi connectivity index (χ0v) is 20.0. The van der Waals surface area contributed by atoms with Gasteiger partial charge < -0.3 is 14.7 Å². The molecule has 1 fully saturated rings. The normalized spacial score (nSPS) is 19.1. The molecular formula is C28H37NO3. The molecule has 172 valence electrons. The van der Waals surface area contributed by atoms with E-state index in [2.05, 4.69) is 31.2 Å². The van der Waals surface area contributed by atoms with E-state index in [1.54, 1.807) is 0 Å². The summed E-state index contributed by atoms with van der Waals surface area (Å²) in [7, 11) is 0. The molecule has 1 amide bonds. The van der Waals surface area contributed by atoms with Crippen molar-refractivity contribution in [1.82, 2.24) is 4.90 Å². The average Bonchev–Trinajstić information content (AvgIpc) is 3.16. The van der Waals surface area contributed by atoms with Crippen LogP contribution in [0.2, 0.25) is 0 Å². The lowest BCUT2D eigenvalue weighted by molar-refractivity contribution is 0.0204. The Hall–Kier alpha value is -2.49. The van der Waals surface area contributed by atoms with E-state index in [0.717, 1.165) is 57.2 Å². The molecule has 2 aliphatic rings. The number of likely N-dealkylation sites (tertiary alicyclic amines) is 1. The summed E-state index contributed by atoms with van der Waals surface area (Å²) in [5, 5.41) is 10.4. The SMILES string of the molecule is CCc1cc(CC2CCc3cccc(O)c32)ccc1C1CCN(C(=O)OC(C)(C)C)CC1. The molecule has 4 rings (SSSR count). The van der Waals surface area contributed by atoms with Crippen molar-refractivity contribution in [2.45, 2.75) is 83.7 Å². The molecule has 32 heavy (non-hydrogen) atoms. The number of fused-ring (bicyclic) bond motifs is 1. The van der Waals surface area contributed by atoms with Crippen LogP contribution >= 0.6 is 0 Å². The minimum atomic E-state index is -0.449. The summed E-state index contributed by atoms with van der Waals surface area (Å²) in [6, 6.07) is 12.9. The number of piperidine rings is 1. The number of rotatable bonds is 4. The number of hydrogen-bond acceptors (Lipinski definition) is 3. The summed E-state index contributed by atoms with van der Waals surface area (Å²) in [4.78, 5) is 14.2. The van der Waals surface area contributed by atoms with Gasteiger partial charge >= 0.3 is 6.09 Å². The average molecular weight is 436 g/mol. The van der Waals surface area contributed by atoms with Crippen molar-refractivity contribution in [3.05, 3.63) is 64.2 Å². The molecule has 1 aliphatic heterocycles. The van der Waals surface area contributed by atoms with Crippen molar-refractivity contribution in [2.75, 3.05) is 13.1 Å². The first-order chi connectivity index (χ1) is 15.2. The summed E-state index contributed by atoms with van der Waals surface area (Å²) in [6.45, 7) is 9.48. The Labute approximate surface area is 192 Å². The van der Waals surface area contributed by atoms with Gasteiger partial charge in [0, 0.05) is 18.7 Å². The molecule has 0 bridgehead atoms. The van der Waals surface area contributed by atoms with Crippen molar-refractivity contribution < 1.29 is 14.6 Å². The van der Waals surface area contributed by atoms with E-state index < -0.39 is 5.60 Å². The van der Waals surface area contributed by atoms with Gasteiger partial charge in [0.1, 0.15) is 11.4 Å². The number of benzene rings is 2. The third-order valence-corrected chi connectivity index (χ3v) is 7.00. The van der Waals surface area contributed by atoms with Crippen LogP contribution in [0.4, 0.5) is 4.79 Å². The van der Waals surface area contributed by atoms with Crippen LogP contribution in [0.1, 0.15) is 86.6 Å². The van der Waals surface area contributed by atoms with E-state index in [1.165, 1.54) is 22.3 Å². The molecule has 2 aromatic rings. The molecule has 1 unspecified atom stereocenters. The number of aryl methyl sites for hydroxylation is 2. The van der Waals surface area contributed by atoms with Crippen molar-refractivity contribution in [3.8, 4) is 5.75 Å². The van der Waals surface area contributed by atoms with E-state index in [0.29, 0.717) is 17.6 Å². The first-order valence-electron chi connectivity index (χ1n) is 12.2. The van der Waals surface area contributed by atoms with Crippen molar-refractivity contribution in [1.29, 1.82) is 0 Å². The van der Waals surface area contributed by atoms with Gasteiger partial charge in [-0.25, -0.2) is 4.79 Å². The molecular weight excluding hydrogens is 398 g/mol. The van der Waals surface area contributed by atoms with Gasteiger partial charge in [-0.1, -0.05) is 37.3 Å². The Morgan fingerprint density at radius 2 is 1.88 bits per heavy atom. The summed E-state index contributed by atoms with van der Waals surface area (Å²) in [6.07, 6.45) is 5.94. The number of amides is 1. The highest BCUT2D eigenvalue weighted by Gasteiger charge is 2.29. The number of phenolic OH excluding ortho intramolecular Hbond substituents is 1. The predicted octanol–water partition coefficient (Wildman–Crippen LogP) is 6.34. The Kier molecular flexibility index (Phi) is 6.50. The lowest BCUT2D eigenvalue weighted by atomic mass is 9.84.